The number of aliphatic imine (C=N–C) groups is 1. The molecule has 0 spiro atoms. The number of methoxy groups -OCH3 is 1. The van der Waals surface area contributed by atoms with Gasteiger partial charge < -0.3 is 24.8 Å². The summed E-state index contributed by atoms with van der Waals surface area (Å²) in [6.07, 6.45) is 5.75. The molecule has 2 aromatic rings. The lowest BCUT2D eigenvalue weighted by Gasteiger charge is -2.33. The number of ether oxygens (including phenoxy) is 1. The van der Waals surface area contributed by atoms with Crippen LogP contribution in [-0.2, 0) is 20.0 Å². The Kier molecular flexibility index (Phi) is 9.34. The van der Waals surface area contributed by atoms with Gasteiger partial charge in [-0.25, -0.2) is 4.99 Å². The molecule has 8 nitrogen and oxygen atoms in total. The second-order valence-corrected chi connectivity index (χ2v) is 8.53. The molecule has 176 valence electrons. The number of benzene rings is 1. The first-order valence-electron chi connectivity index (χ1n) is 11.8. The third-order valence-corrected chi connectivity index (χ3v) is 6.18. The van der Waals surface area contributed by atoms with Crippen LogP contribution < -0.4 is 15.4 Å². The highest BCUT2D eigenvalue weighted by atomic mass is 16.5. The second kappa shape index (κ2) is 12.4. The van der Waals surface area contributed by atoms with Gasteiger partial charge in [-0.15, -0.1) is 10.2 Å². The van der Waals surface area contributed by atoms with Gasteiger partial charge in [-0.2, -0.15) is 0 Å². The van der Waals surface area contributed by atoms with E-state index in [1.54, 1.807) is 7.11 Å². The van der Waals surface area contributed by atoms with Crippen molar-refractivity contribution in [1.82, 2.24) is 30.3 Å². The number of hydrogen-bond acceptors (Lipinski definition) is 5. The lowest BCUT2D eigenvalue weighted by atomic mass is 10.0. The largest absolute Gasteiger partial charge is 0.497 e. The fourth-order valence-electron chi connectivity index (χ4n) is 3.88. The van der Waals surface area contributed by atoms with Crippen LogP contribution >= 0.6 is 0 Å². The van der Waals surface area contributed by atoms with E-state index in [2.05, 4.69) is 44.8 Å². The molecular weight excluding hydrogens is 402 g/mol. The molecular formula is C24H39N7O. The number of guanidine groups is 1. The van der Waals surface area contributed by atoms with Gasteiger partial charge in [0.05, 0.1) is 7.11 Å². The minimum absolute atomic E-state index is 0.446. The third-order valence-electron chi connectivity index (χ3n) is 6.18. The topological polar surface area (TPSA) is 79.6 Å². The molecule has 1 aromatic heterocycles. The summed E-state index contributed by atoms with van der Waals surface area (Å²) in [6, 6.07) is 8.68. The Bertz CT molecular complexity index is 839. The van der Waals surface area contributed by atoms with E-state index in [0.717, 1.165) is 62.3 Å². The maximum Gasteiger partial charge on any atom is 0.191 e. The van der Waals surface area contributed by atoms with Gasteiger partial charge in [-0.05, 0) is 56.8 Å². The molecule has 3 rings (SSSR count). The smallest absolute Gasteiger partial charge is 0.191 e. The number of hydrogen-bond donors (Lipinski definition) is 2. The van der Waals surface area contributed by atoms with E-state index in [1.807, 2.05) is 30.7 Å². The van der Waals surface area contributed by atoms with Gasteiger partial charge in [0.1, 0.15) is 18.1 Å². The summed E-state index contributed by atoms with van der Waals surface area (Å²) in [5.74, 6) is 3.51. The normalized spacial score (nSPS) is 15.7. The summed E-state index contributed by atoms with van der Waals surface area (Å²) in [5.41, 5.74) is 1.27. The zero-order chi connectivity index (χ0) is 22.8. The fourth-order valence-corrected chi connectivity index (χ4v) is 3.88. The van der Waals surface area contributed by atoms with E-state index in [9.17, 15) is 0 Å². The van der Waals surface area contributed by atoms with E-state index in [-0.39, 0.29) is 0 Å². The van der Waals surface area contributed by atoms with Crippen molar-refractivity contribution in [2.75, 3.05) is 33.3 Å². The predicted molar refractivity (Wildman–Crippen MR) is 129 cm³/mol. The number of rotatable bonds is 10. The molecule has 2 N–H and O–H groups in total. The molecule has 0 unspecified atom stereocenters. The van der Waals surface area contributed by atoms with Crippen molar-refractivity contribution < 1.29 is 4.74 Å². The Labute approximate surface area is 192 Å². The van der Waals surface area contributed by atoms with Crippen molar-refractivity contribution in [1.29, 1.82) is 0 Å². The van der Waals surface area contributed by atoms with Crippen molar-refractivity contribution in [3.8, 4) is 5.75 Å². The van der Waals surface area contributed by atoms with Crippen LogP contribution in [0.2, 0.25) is 0 Å². The first kappa shape index (κ1) is 24.0. The average molecular weight is 442 g/mol. The Morgan fingerprint density at radius 1 is 1.19 bits per heavy atom. The summed E-state index contributed by atoms with van der Waals surface area (Å²) in [4.78, 5) is 7.41. The van der Waals surface area contributed by atoms with Crippen LogP contribution in [0.5, 0.6) is 5.75 Å². The Balaban J connectivity index is 1.56. The minimum Gasteiger partial charge on any atom is -0.497 e. The molecule has 2 heterocycles. The monoisotopic (exact) mass is 441 g/mol. The first-order chi connectivity index (χ1) is 15.6. The van der Waals surface area contributed by atoms with E-state index in [4.69, 9.17) is 9.73 Å². The maximum atomic E-state index is 5.25. The van der Waals surface area contributed by atoms with E-state index >= 15 is 0 Å². The van der Waals surface area contributed by atoms with Crippen molar-refractivity contribution in [3.05, 3.63) is 41.5 Å². The average Bonchev–Trinajstić information content (AvgIpc) is 3.14. The molecule has 1 aliphatic heterocycles. The third kappa shape index (κ3) is 7.22. The zero-order valence-corrected chi connectivity index (χ0v) is 20.1. The Hall–Kier alpha value is -2.61. The molecule has 0 aliphatic carbocycles. The van der Waals surface area contributed by atoms with Gasteiger partial charge >= 0.3 is 0 Å². The minimum atomic E-state index is 0.446. The number of likely N-dealkylation sites (tertiary alicyclic amines) is 1. The van der Waals surface area contributed by atoms with Gasteiger partial charge in [0.25, 0.3) is 0 Å². The molecule has 0 bridgehead atoms. The number of unbranched alkanes of at least 4 members (excludes halogenated alkanes) is 1. The molecule has 0 radical (unpaired) electrons. The summed E-state index contributed by atoms with van der Waals surface area (Å²) in [7, 11) is 3.67. The highest BCUT2D eigenvalue weighted by Gasteiger charge is 2.19. The van der Waals surface area contributed by atoms with Crippen molar-refractivity contribution >= 4 is 5.96 Å². The summed E-state index contributed by atoms with van der Waals surface area (Å²) >= 11 is 0. The van der Waals surface area contributed by atoms with Crippen LogP contribution in [0.4, 0.5) is 0 Å². The molecule has 32 heavy (non-hydrogen) atoms. The van der Waals surface area contributed by atoms with Crippen LogP contribution in [0.3, 0.4) is 0 Å². The summed E-state index contributed by atoms with van der Waals surface area (Å²) in [6.45, 7) is 9.05. The lowest BCUT2D eigenvalue weighted by Crippen LogP contribution is -2.49. The zero-order valence-electron chi connectivity index (χ0n) is 20.1. The van der Waals surface area contributed by atoms with Crippen LogP contribution in [0, 0.1) is 6.92 Å². The highest BCUT2D eigenvalue weighted by molar-refractivity contribution is 5.80. The predicted octanol–water partition coefficient (Wildman–Crippen LogP) is 2.67. The van der Waals surface area contributed by atoms with Crippen molar-refractivity contribution in [2.45, 2.75) is 58.5 Å². The van der Waals surface area contributed by atoms with Gasteiger partial charge in [0, 0.05) is 32.7 Å². The summed E-state index contributed by atoms with van der Waals surface area (Å²) in [5, 5.41) is 15.6. The number of nitrogens with one attached hydrogen (secondary N) is 2. The van der Waals surface area contributed by atoms with Crippen molar-refractivity contribution in [2.24, 2.45) is 12.0 Å². The lowest BCUT2D eigenvalue weighted by molar-refractivity contribution is 0.203. The maximum absolute atomic E-state index is 5.25. The highest BCUT2D eigenvalue weighted by Crippen LogP contribution is 2.12. The van der Waals surface area contributed by atoms with Crippen molar-refractivity contribution in [3.63, 3.8) is 0 Å². The number of aryl methyl sites for hydroxylation is 1. The van der Waals surface area contributed by atoms with Gasteiger partial charge in [0.15, 0.2) is 11.8 Å². The van der Waals surface area contributed by atoms with Crippen LogP contribution in [0.25, 0.3) is 0 Å². The Morgan fingerprint density at radius 2 is 1.94 bits per heavy atom. The first-order valence-corrected chi connectivity index (χ1v) is 11.8. The van der Waals surface area contributed by atoms with Gasteiger partial charge in [-0.3, -0.25) is 0 Å². The molecule has 1 aromatic carbocycles. The molecule has 1 aliphatic rings. The standard InChI is InChI=1S/C24H39N7O/c1-5-6-15-31-16-12-21(13-17-31)27-24(26-18-23-29-28-19(2)30(23)3)25-14-11-20-7-9-22(32-4)10-8-20/h7-10,21H,5-6,11-18H2,1-4H3,(H2,25,26,27). The second-order valence-electron chi connectivity index (χ2n) is 8.53. The molecule has 8 heteroatoms. The van der Waals surface area contributed by atoms with E-state index in [0.29, 0.717) is 12.6 Å². The SMILES string of the molecule is CCCCN1CCC(NC(=NCc2nnc(C)n2C)NCCc2ccc(OC)cc2)CC1. The molecule has 0 amide bonds. The fraction of sp³-hybridized carbons (Fsp3) is 0.625. The molecule has 0 saturated carbocycles. The van der Waals surface area contributed by atoms with Gasteiger partial charge in [0.2, 0.25) is 0 Å². The van der Waals surface area contributed by atoms with E-state index in [1.165, 1.54) is 24.9 Å². The number of nitrogens with zero attached hydrogens (tertiary/aromatic N) is 5. The number of piperidine rings is 1. The molecule has 1 fully saturated rings. The number of aromatic nitrogens is 3. The quantitative estimate of drug-likeness (QED) is 0.436. The summed E-state index contributed by atoms with van der Waals surface area (Å²) < 4.78 is 7.24. The molecule has 0 atom stereocenters. The van der Waals surface area contributed by atoms with Crippen LogP contribution in [-0.4, -0.2) is 65.0 Å². The Morgan fingerprint density at radius 3 is 2.56 bits per heavy atom. The van der Waals surface area contributed by atoms with Crippen LogP contribution in [0.1, 0.15) is 49.8 Å². The van der Waals surface area contributed by atoms with Crippen LogP contribution in [0.15, 0.2) is 29.3 Å². The molecule has 1 saturated heterocycles. The van der Waals surface area contributed by atoms with E-state index < -0.39 is 0 Å². The van der Waals surface area contributed by atoms with Gasteiger partial charge in [-0.1, -0.05) is 25.5 Å².